The second-order valence-electron chi connectivity index (χ2n) is 6.12. The van der Waals surface area contributed by atoms with Gasteiger partial charge in [0.1, 0.15) is 35.5 Å². The standard InChI is InChI=1S/C20H18BrF3N2O/c1-12-7-19(27-11-13-5-6-15(22)8-14(13)9-25)16(21)10-26(12)20-17(23)3-2-4-18(20)24/h2-8H,9-11,25H2,1H3. The molecule has 27 heavy (non-hydrogen) atoms. The van der Waals surface area contributed by atoms with Crippen LogP contribution in [0.2, 0.25) is 0 Å². The number of allylic oxidation sites excluding steroid dienone is 2. The topological polar surface area (TPSA) is 38.5 Å². The normalized spacial score (nSPS) is 14.4. The van der Waals surface area contributed by atoms with E-state index in [0.29, 0.717) is 21.5 Å². The van der Waals surface area contributed by atoms with Crippen LogP contribution in [0.4, 0.5) is 18.9 Å². The SMILES string of the molecule is CC1=CC(OCc2ccc(F)cc2CN)=C(Br)CN1c1c(F)cccc1F. The molecule has 0 bridgehead atoms. The van der Waals surface area contributed by atoms with Crippen LogP contribution in [0.3, 0.4) is 0 Å². The summed E-state index contributed by atoms with van der Waals surface area (Å²) in [6.45, 7) is 2.38. The number of para-hydroxylation sites is 1. The van der Waals surface area contributed by atoms with Gasteiger partial charge in [0.25, 0.3) is 0 Å². The Kier molecular flexibility index (Phi) is 5.92. The van der Waals surface area contributed by atoms with Crippen LogP contribution < -0.4 is 10.6 Å². The van der Waals surface area contributed by atoms with Gasteiger partial charge in [0.05, 0.1) is 11.0 Å². The van der Waals surface area contributed by atoms with Gasteiger partial charge >= 0.3 is 0 Å². The second-order valence-corrected chi connectivity index (χ2v) is 7.07. The summed E-state index contributed by atoms with van der Waals surface area (Å²) in [7, 11) is 0. The summed E-state index contributed by atoms with van der Waals surface area (Å²) in [6, 6.07) is 8.13. The maximum absolute atomic E-state index is 14.1. The zero-order chi connectivity index (χ0) is 19.6. The van der Waals surface area contributed by atoms with E-state index in [2.05, 4.69) is 15.9 Å². The summed E-state index contributed by atoms with van der Waals surface area (Å²) in [5, 5.41) is 0. The minimum Gasteiger partial charge on any atom is -0.488 e. The zero-order valence-corrected chi connectivity index (χ0v) is 16.2. The Morgan fingerprint density at radius 3 is 2.48 bits per heavy atom. The van der Waals surface area contributed by atoms with E-state index in [-0.39, 0.29) is 31.2 Å². The second kappa shape index (κ2) is 8.19. The van der Waals surface area contributed by atoms with Gasteiger partial charge in [0.2, 0.25) is 0 Å². The Bertz CT molecular complexity index is 907. The van der Waals surface area contributed by atoms with Crippen molar-refractivity contribution < 1.29 is 17.9 Å². The summed E-state index contributed by atoms with van der Waals surface area (Å²) in [5.41, 5.74) is 7.63. The van der Waals surface area contributed by atoms with Crippen molar-refractivity contribution in [2.24, 2.45) is 5.73 Å². The molecule has 2 aromatic carbocycles. The summed E-state index contributed by atoms with van der Waals surface area (Å²) in [6.07, 6.45) is 1.70. The average molecular weight is 439 g/mol. The van der Waals surface area contributed by atoms with E-state index in [1.165, 1.54) is 35.2 Å². The highest BCUT2D eigenvalue weighted by atomic mass is 79.9. The number of ether oxygens (including phenoxy) is 1. The highest BCUT2D eigenvalue weighted by molar-refractivity contribution is 9.11. The van der Waals surface area contributed by atoms with E-state index >= 15 is 0 Å². The van der Waals surface area contributed by atoms with Crippen LogP contribution in [-0.2, 0) is 17.9 Å². The van der Waals surface area contributed by atoms with E-state index in [0.717, 1.165) is 5.56 Å². The molecular weight excluding hydrogens is 421 g/mol. The first-order valence-electron chi connectivity index (χ1n) is 8.29. The number of hydrogen-bond acceptors (Lipinski definition) is 3. The molecule has 0 atom stereocenters. The Balaban J connectivity index is 1.80. The van der Waals surface area contributed by atoms with E-state index in [1.54, 1.807) is 19.1 Å². The molecule has 0 amide bonds. The molecule has 2 aromatic rings. The maximum Gasteiger partial charge on any atom is 0.149 e. The third-order valence-corrected chi connectivity index (χ3v) is 4.95. The summed E-state index contributed by atoms with van der Waals surface area (Å²) >= 11 is 3.43. The highest BCUT2D eigenvalue weighted by Crippen LogP contribution is 2.33. The summed E-state index contributed by atoms with van der Waals surface area (Å²) in [5.74, 6) is -1.07. The van der Waals surface area contributed by atoms with Crippen LogP contribution in [0.5, 0.6) is 0 Å². The summed E-state index contributed by atoms with van der Waals surface area (Å²) < 4.78 is 48.0. The van der Waals surface area contributed by atoms with Crippen LogP contribution in [0.1, 0.15) is 18.1 Å². The van der Waals surface area contributed by atoms with Crippen molar-refractivity contribution in [1.29, 1.82) is 0 Å². The van der Waals surface area contributed by atoms with Gasteiger partial charge in [-0.3, -0.25) is 0 Å². The van der Waals surface area contributed by atoms with Crippen molar-refractivity contribution in [2.75, 3.05) is 11.4 Å². The first-order chi connectivity index (χ1) is 12.9. The Morgan fingerprint density at radius 2 is 1.81 bits per heavy atom. The van der Waals surface area contributed by atoms with Gasteiger partial charge in [-0.1, -0.05) is 12.1 Å². The van der Waals surface area contributed by atoms with Gasteiger partial charge in [0.15, 0.2) is 0 Å². The molecule has 142 valence electrons. The Labute approximate surface area is 164 Å². The molecule has 0 aliphatic carbocycles. The molecule has 3 rings (SSSR count). The van der Waals surface area contributed by atoms with Crippen LogP contribution >= 0.6 is 15.9 Å². The van der Waals surface area contributed by atoms with E-state index in [4.69, 9.17) is 10.5 Å². The molecule has 2 N–H and O–H groups in total. The number of anilines is 1. The molecule has 0 aromatic heterocycles. The zero-order valence-electron chi connectivity index (χ0n) is 14.6. The smallest absolute Gasteiger partial charge is 0.149 e. The van der Waals surface area contributed by atoms with Crippen molar-refractivity contribution in [3.8, 4) is 0 Å². The first-order valence-corrected chi connectivity index (χ1v) is 9.08. The molecule has 0 saturated carbocycles. The predicted molar refractivity (Wildman–Crippen MR) is 102 cm³/mol. The van der Waals surface area contributed by atoms with Crippen LogP contribution in [0.15, 0.2) is 58.4 Å². The van der Waals surface area contributed by atoms with Crippen molar-refractivity contribution in [2.45, 2.75) is 20.1 Å². The largest absolute Gasteiger partial charge is 0.488 e. The quantitative estimate of drug-likeness (QED) is 0.704. The van der Waals surface area contributed by atoms with E-state index in [1.807, 2.05) is 0 Å². The molecule has 0 spiro atoms. The number of benzene rings is 2. The molecule has 3 nitrogen and oxygen atoms in total. The average Bonchev–Trinajstić information content (AvgIpc) is 2.63. The van der Waals surface area contributed by atoms with Gasteiger partial charge in [-0.05, 0) is 58.2 Å². The minimum absolute atomic E-state index is 0.105. The lowest BCUT2D eigenvalue weighted by Crippen LogP contribution is -2.28. The third-order valence-electron chi connectivity index (χ3n) is 4.31. The van der Waals surface area contributed by atoms with E-state index < -0.39 is 11.6 Å². The van der Waals surface area contributed by atoms with Crippen molar-refractivity contribution in [3.63, 3.8) is 0 Å². The Hall–Kier alpha value is -2.25. The molecular formula is C20H18BrF3N2O. The Morgan fingerprint density at radius 1 is 1.11 bits per heavy atom. The number of nitrogens with zero attached hydrogens (tertiary/aromatic N) is 1. The summed E-state index contributed by atoms with van der Waals surface area (Å²) in [4.78, 5) is 1.53. The fourth-order valence-electron chi connectivity index (χ4n) is 2.89. The minimum atomic E-state index is -0.633. The molecule has 1 aliphatic heterocycles. The number of nitrogens with two attached hydrogens (primary N) is 1. The van der Waals surface area contributed by atoms with Gasteiger partial charge in [-0.25, -0.2) is 13.2 Å². The number of halogens is 4. The van der Waals surface area contributed by atoms with Crippen molar-refractivity contribution >= 4 is 21.6 Å². The van der Waals surface area contributed by atoms with Gasteiger partial charge in [-0.15, -0.1) is 0 Å². The van der Waals surface area contributed by atoms with E-state index in [9.17, 15) is 13.2 Å². The third kappa shape index (κ3) is 4.20. The fourth-order valence-corrected chi connectivity index (χ4v) is 3.37. The predicted octanol–water partition coefficient (Wildman–Crippen LogP) is 5.11. The van der Waals surface area contributed by atoms with Crippen molar-refractivity contribution in [3.05, 3.63) is 87.0 Å². The van der Waals surface area contributed by atoms with Gasteiger partial charge in [-0.2, -0.15) is 0 Å². The molecule has 0 fully saturated rings. The van der Waals surface area contributed by atoms with Crippen molar-refractivity contribution in [1.82, 2.24) is 0 Å². The molecule has 0 saturated heterocycles. The highest BCUT2D eigenvalue weighted by Gasteiger charge is 2.24. The van der Waals surface area contributed by atoms with Crippen LogP contribution in [0, 0.1) is 17.5 Å². The molecule has 0 unspecified atom stereocenters. The number of rotatable bonds is 5. The first kappa shape index (κ1) is 19.5. The van der Waals surface area contributed by atoms with Crippen LogP contribution in [-0.4, -0.2) is 6.54 Å². The molecule has 1 heterocycles. The lowest BCUT2D eigenvalue weighted by molar-refractivity contribution is 0.207. The monoisotopic (exact) mass is 438 g/mol. The fraction of sp³-hybridized carbons (Fsp3) is 0.200. The molecule has 1 aliphatic rings. The number of hydrogen-bond donors (Lipinski definition) is 1. The molecule has 0 radical (unpaired) electrons. The maximum atomic E-state index is 14.1. The van der Waals surface area contributed by atoms with Gasteiger partial charge in [0, 0.05) is 18.3 Å². The van der Waals surface area contributed by atoms with Crippen LogP contribution in [0.25, 0.3) is 0 Å². The van der Waals surface area contributed by atoms with Gasteiger partial charge < -0.3 is 15.4 Å². The molecule has 7 heteroatoms. The lowest BCUT2D eigenvalue weighted by Gasteiger charge is -2.30. The lowest BCUT2D eigenvalue weighted by atomic mass is 10.1.